The molecule has 1 fully saturated rings. The van der Waals surface area contributed by atoms with Crippen LogP contribution in [0.15, 0.2) is 18.2 Å². The van der Waals surface area contributed by atoms with Gasteiger partial charge in [-0.15, -0.1) is 0 Å². The largest absolute Gasteiger partial charge is 0.416 e. The lowest BCUT2D eigenvalue weighted by atomic mass is 10.1. The molecule has 21 heavy (non-hydrogen) atoms. The number of anilines is 1. The van der Waals surface area contributed by atoms with Crippen LogP contribution >= 0.6 is 11.6 Å². The van der Waals surface area contributed by atoms with E-state index in [0.717, 1.165) is 18.2 Å². The van der Waals surface area contributed by atoms with Crippen molar-refractivity contribution < 1.29 is 22.8 Å². The Labute approximate surface area is 123 Å². The van der Waals surface area contributed by atoms with Crippen LogP contribution < -0.4 is 5.32 Å². The van der Waals surface area contributed by atoms with Crippen LogP contribution in [0.4, 0.5) is 18.9 Å². The Morgan fingerprint density at radius 3 is 2.62 bits per heavy atom. The number of hydrogen-bond acceptors (Lipinski definition) is 2. The van der Waals surface area contributed by atoms with E-state index in [1.807, 2.05) is 0 Å². The zero-order chi connectivity index (χ0) is 15.8. The zero-order valence-electron chi connectivity index (χ0n) is 11.0. The van der Waals surface area contributed by atoms with Gasteiger partial charge < -0.3 is 10.2 Å². The summed E-state index contributed by atoms with van der Waals surface area (Å²) in [6, 6.07) is 1.99. The molecule has 1 atom stereocenters. The lowest BCUT2D eigenvalue weighted by Gasteiger charge is -2.20. The normalized spacial score (nSPS) is 19.0. The molecule has 1 aliphatic heterocycles. The Hall–Kier alpha value is -1.76. The highest BCUT2D eigenvalue weighted by atomic mass is 35.5. The quantitative estimate of drug-likeness (QED) is 0.911. The van der Waals surface area contributed by atoms with Gasteiger partial charge in [0.15, 0.2) is 0 Å². The van der Waals surface area contributed by atoms with E-state index in [-0.39, 0.29) is 23.0 Å². The number of halogens is 4. The topological polar surface area (TPSA) is 49.4 Å². The predicted octanol–water partition coefficient (Wildman–Crippen LogP) is 2.92. The fraction of sp³-hybridized carbons (Fsp3) is 0.385. The van der Waals surface area contributed by atoms with Crippen molar-refractivity contribution >= 4 is 29.1 Å². The van der Waals surface area contributed by atoms with Crippen molar-refractivity contribution in [1.82, 2.24) is 4.90 Å². The van der Waals surface area contributed by atoms with Crippen LogP contribution in [0, 0.1) is 0 Å². The van der Waals surface area contributed by atoms with Crippen LogP contribution in [0.5, 0.6) is 0 Å². The highest BCUT2D eigenvalue weighted by Gasteiger charge is 2.34. The molecule has 8 heteroatoms. The Kier molecular flexibility index (Phi) is 4.13. The van der Waals surface area contributed by atoms with Crippen LogP contribution in [-0.4, -0.2) is 29.8 Å². The Bertz CT molecular complexity index is 589. The van der Waals surface area contributed by atoms with Gasteiger partial charge in [-0.25, -0.2) is 0 Å². The third-order valence-electron chi connectivity index (χ3n) is 3.35. The maximum atomic E-state index is 12.6. The number of likely N-dealkylation sites (N-methyl/N-ethyl adjacent to an activating group) is 1. The minimum absolute atomic E-state index is 0.00308. The number of rotatable bonds is 2. The summed E-state index contributed by atoms with van der Waals surface area (Å²) >= 11 is 5.80. The van der Waals surface area contributed by atoms with Crippen LogP contribution in [0.3, 0.4) is 0 Å². The van der Waals surface area contributed by atoms with E-state index in [0.29, 0.717) is 6.42 Å². The summed E-state index contributed by atoms with van der Waals surface area (Å²) in [4.78, 5) is 24.7. The molecular formula is C13H12ClF3N2O2. The molecule has 1 aromatic rings. The standard InChI is InChI=1S/C13H12ClF3N2O2/c1-19-10(4-5-11(19)20)12(21)18-9-6-7(13(15,16)17)2-3-8(9)14/h2-3,6,10H,4-5H2,1H3,(H,18,21). The summed E-state index contributed by atoms with van der Waals surface area (Å²) in [6.07, 6.45) is -3.95. The minimum atomic E-state index is -4.52. The molecule has 0 saturated carbocycles. The number of hydrogen-bond donors (Lipinski definition) is 1. The number of nitrogens with one attached hydrogen (secondary N) is 1. The first kappa shape index (κ1) is 15.6. The third-order valence-corrected chi connectivity index (χ3v) is 3.68. The number of benzene rings is 1. The maximum Gasteiger partial charge on any atom is 0.416 e. The Morgan fingerprint density at radius 1 is 1.43 bits per heavy atom. The van der Waals surface area contributed by atoms with E-state index in [4.69, 9.17) is 11.6 Å². The molecule has 1 saturated heterocycles. The van der Waals surface area contributed by atoms with Gasteiger partial charge in [0.1, 0.15) is 6.04 Å². The monoisotopic (exact) mass is 320 g/mol. The fourth-order valence-corrected chi connectivity index (χ4v) is 2.29. The molecule has 0 spiro atoms. The molecule has 4 nitrogen and oxygen atoms in total. The summed E-state index contributed by atoms with van der Waals surface area (Å²) in [7, 11) is 1.48. The number of nitrogens with zero attached hydrogens (tertiary/aromatic N) is 1. The van der Waals surface area contributed by atoms with Crippen molar-refractivity contribution in [3.8, 4) is 0 Å². The van der Waals surface area contributed by atoms with Crippen molar-refractivity contribution in [1.29, 1.82) is 0 Å². The number of amides is 2. The van der Waals surface area contributed by atoms with Crippen LogP contribution in [-0.2, 0) is 15.8 Å². The smallest absolute Gasteiger partial charge is 0.334 e. The second-order valence-corrected chi connectivity index (χ2v) is 5.15. The van der Waals surface area contributed by atoms with Gasteiger partial charge in [0.2, 0.25) is 11.8 Å². The van der Waals surface area contributed by atoms with Gasteiger partial charge in [0.25, 0.3) is 0 Å². The molecule has 1 aromatic carbocycles. The van der Waals surface area contributed by atoms with Crippen molar-refractivity contribution in [2.45, 2.75) is 25.1 Å². The molecule has 1 N–H and O–H groups in total. The lowest BCUT2D eigenvalue weighted by Crippen LogP contribution is -2.39. The van der Waals surface area contributed by atoms with Crippen molar-refractivity contribution in [2.24, 2.45) is 0 Å². The van der Waals surface area contributed by atoms with Crippen molar-refractivity contribution in [3.05, 3.63) is 28.8 Å². The van der Waals surface area contributed by atoms with Crippen molar-refractivity contribution in [2.75, 3.05) is 12.4 Å². The van der Waals surface area contributed by atoms with E-state index < -0.39 is 23.7 Å². The van der Waals surface area contributed by atoms with E-state index in [2.05, 4.69) is 5.32 Å². The third kappa shape index (κ3) is 3.29. The highest BCUT2D eigenvalue weighted by molar-refractivity contribution is 6.33. The van der Waals surface area contributed by atoms with E-state index in [9.17, 15) is 22.8 Å². The first-order valence-electron chi connectivity index (χ1n) is 6.13. The second-order valence-electron chi connectivity index (χ2n) is 4.74. The van der Waals surface area contributed by atoms with Crippen LogP contribution in [0.1, 0.15) is 18.4 Å². The number of carbonyl (C=O) groups is 2. The first-order chi connectivity index (χ1) is 9.70. The van der Waals surface area contributed by atoms with Gasteiger partial charge in [-0.05, 0) is 24.6 Å². The van der Waals surface area contributed by atoms with Gasteiger partial charge in [0.05, 0.1) is 16.3 Å². The Balaban J connectivity index is 2.19. The van der Waals surface area contributed by atoms with E-state index in [1.165, 1.54) is 11.9 Å². The predicted molar refractivity (Wildman–Crippen MR) is 70.9 cm³/mol. The lowest BCUT2D eigenvalue weighted by molar-refractivity contribution is -0.137. The van der Waals surface area contributed by atoms with Crippen LogP contribution in [0.25, 0.3) is 0 Å². The van der Waals surface area contributed by atoms with Crippen LogP contribution in [0.2, 0.25) is 5.02 Å². The first-order valence-corrected chi connectivity index (χ1v) is 6.51. The minimum Gasteiger partial charge on any atom is -0.334 e. The summed E-state index contributed by atoms with van der Waals surface area (Å²) in [5.41, 5.74) is -1.03. The molecule has 2 rings (SSSR count). The van der Waals surface area contributed by atoms with Crippen molar-refractivity contribution in [3.63, 3.8) is 0 Å². The summed E-state index contributed by atoms with van der Waals surface area (Å²) in [5, 5.41) is 2.35. The molecule has 1 unspecified atom stereocenters. The fourth-order valence-electron chi connectivity index (χ4n) is 2.12. The maximum absolute atomic E-state index is 12.6. The number of alkyl halides is 3. The zero-order valence-corrected chi connectivity index (χ0v) is 11.8. The number of carbonyl (C=O) groups excluding carboxylic acids is 2. The molecule has 0 aromatic heterocycles. The SMILES string of the molecule is CN1C(=O)CCC1C(=O)Nc1cc(C(F)(F)F)ccc1Cl. The Morgan fingerprint density at radius 2 is 2.10 bits per heavy atom. The summed E-state index contributed by atoms with van der Waals surface area (Å²) in [6.45, 7) is 0. The molecule has 1 aliphatic rings. The van der Waals surface area contributed by atoms with Gasteiger partial charge in [-0.3, -0.25) is 9.59 Å². The highest BCUT2D eigenvalue weighted by Crippen LogP contribution is 2.34. The average molecular weight is 321 g/mol. The molecule has 2 amide bonds. The van der Waals surface area contributed by atoms with Gasteiger partial charge >= 0.3 is 6.18 Å². The molecule has 0 radical (unpaired) electrons. The van der Waals surface area contributed by atoms with Gasteiger partial charge in [0, 0.05) is 13.5 Å². The molecule has 1 heterocycles. The van der Waals surface area contributed by atoms with Gasteiger partial charge in [-0.2, -0.15) is 13.2 Å². The summed E-state index contributed by atoms with van der Waals surface area (Å²) in [5.74, 6) is -0.727. The second kappa shape index (κ2) is 5.55. The molecular weight excluding hydrogens is 309 g/mol. The average Bonchev–Trinajstić information content (AvgIpc) is 2.71. The van der Waals surface area contributed by atoms with Gasteiger partial charge in [-0.1, -0.05) is 11.6 Å². The number of likely N-dealkylation sites (tertiary alicyclic amines) is 1. The molecule has 0 aliphatic carbocycles. The van der Waals surface area contributed by atoms with E-state index >= 15 is 0 Å². The molecule has 0 bridgehead atoms. The van der Waals surface area contributed by atoms with E-state index in [1.54, 1.807) is 0 Å². The molecule has 114 valence electrons. The summed E-state index contributed by atoms with van der Waals surface area (Å²) < 4.78 is 37.9.